The van der Waals surface area contributed by atoms with Crippen molar-refractivity contribution in [3.63, 3.8) is 0 Å². The van der Waals surface area contributed by atoms with Crippen LogP contribution >= 0.6 is 11.6 Å². The highest BCUT2D eigenvalue weighted by atomic mass is 35.5. The number of carbonyl (C=O) groups is 1. The van der Waals surface area contributed by atoms with Crippen molar-refractivity contribution in [3.05, 3.63) is 39.2 Å². The summed E-state index contributed by atoms with van der Waals surface area (Å²) in [5, 5.41) is 10.7. The van der Waals surface area contributed by atoms with Gasteiger partial charge in [0, 0.05) is 17.5 Å². The molecule has 7 heteroatoms. The molecule has 0 fully saturated rings. The van der Waals surface area contributed by atoms with Crippen molar-refractivity contribution in [3.8, 4) is 0 Å². The van der Waals surface area contributed by atoms with E-state index in [0.29, 0.717) is 5.56 Å². The lowest BCUT2D eigenvalue weighted by molar-refractivity contribution is -0.387. The quantitative estimate of drug-likeness (QED) is 0.358. The van der Waals surface area contributed by atoms with Crippen LogP contribution in [-0.4, -0.2) is 17.5 Å². The number of hydrogen-bond donors (Lipinski definition) is 0. The van der Waals surface area contributed by atoms with E-state index in [2.05, 4.69) is 4.74 Å². The molecule has 0 heterocycles. The summed E-state index contributed by atoms with van der Waals surface area (Å²) in [5.41, 5.74) is -0.394. The maximum absolute atomic E-state index is 13.7. The van der Waals surface area contributed by atoms with E-state index in [1.54, 1.807) is 6.92 Å². The summed E-state index contributed by atoms with van der Waals surface area (Å²) in [6, 6.07) is 2.38. The van der Waals surface area contributed by atoms with Crippen LogP contribution in [0.25, 0.3) is 0 Å². The van der Waals surface area contributed by atoms with Crippen molar-refractivity contribution in [1.82, 2.24) is 0 Å². The topological polar surface area (TPSA) is 69.4 Å². The van der Waals surface area contributed by atoms with Crippen molar-refractivity contribution in [2.24, 2.45) is 0 Å². The molecule has 98 valence electrons. The molecule has 0 saturated heterocycles. The molecule has 0 aliphatic heterocycles. The largest absolute Gasteiger partial charge is 0.466 e. The average Bonchev–Trinajstić information content (AvgIpc) is 2.31. The zero-order valence-electron chi connectivity index (χ0n) is 9.61. The SMILES string of the molecule is CCOC(=O)Cc1cc(CCl)cc([N+](=O)[O-])c1F. The molecule has 0 spiro atoms. The van der Waals surface area contributed by atoms with E-state index in [1.807, 2.05) is 0 Å². The van der Waals surface area contributed by atoms with E-state index in [4.69, 9.17) is 11.6 Å². The molecule has 0 unspecified atom stereocenters. The van der Waals surface area contributed by atoms with Gasteiger partial charge in [0.25, 0.3) is 0 Å². The van der Waals surface area contributed by atoms with Crippen molar-refractivity contribution < 1.29 is 18.8 Å². The molecule has 0 saturated carbocycles. The number of nitrogens with zero attached hydrogens (tertiary/aromatic N) is 1. The van der Waals surface area contributed by atoms with Crippen LogP contribution in [-0.2, 0) is 21.8 Å². The highest BCUT2D eigenvalue weighted by Gasteiger charge is 2.21. The van der Waals surface area contributed by atoms with Crippen LogP contribution in [0.2, 0.25) is 0 Å². The van der Waals surface area contributed by atoms with Gasteiger partial charge < -0.3 is 4.74 Å². The second-order valence-electron chi connectivity index (χ2n) is 3.46. The fraction of sp³-hybridized carbons (Fsp3) is 0.364. The van der Waals surface area contributed by atoms with E-state index < -0.39 is 22.4 Å². The molecular weight excluding hydrogens is 265 g/mol. The minimum absolute atomic E-state index is 0.00303. The summed E-state index contributed by atoms with van der Waals surface area (Å²) < 4.78 is 18.4. The van der Waals surface area contributed by atoms with Gasteiger partial charge in [-0.05, 0) is 12.5 Å². The van der Waals surface area contributed by atoms with Crippen LogP contribution < -0.4 is 0 Å². The number of ether oxygens (including phenoxy) is 1. The maximum atomic E-state index is 13.7. The minimum atomic E-state index is -1.03. The molecule has 5 nitrogen and oxygen atoms in total. The van der Waals surface area contributed by atoms with Gasteiger partial charge in [-0.25, -0.2) is 0 Å². The van der Waals surface area contributed by atoms with Crippen LogP contribution in [0, 0.1) is 15.9 Å². The van der Waals surface area contributed by atoms with Crippen molar-refractivity contribution in [1.29, 1.82) is 0 Å². The number of benzene rings is 1. The standard InChI is InChI=1S/C11H11ClFNO4/c1-2-18-10(15)5-8-3-7(6-12)4-9(11(8)13)14(16)17/h3-4H,2,5-6H2,1H3. The van der Waals surface area contributed by atoms with E-state index in [-0.39, 0.29) is 24.5 Å². The van der Waals surface area contributed by atoms with E-state index >= 15 is 0 Å². The molecule has 1 aromatic rings. The highest BCUT2D eigenvalue weighted by Crippen LogP contribution is 2.24. The molecule has 1 aromatic carbocycles. The Labute approximate surface area is 108 Å². The molecule has 0 atom stereocenters. The van der Waals surface area contributed by atoms with Gasteiger partial charge in [-0.15, -0.1) is 11.6 Å². The molecule has 1 rings (SSSR count). The van der Waals surface area contributed by atoms with Crippen molar-refractivity contribution in [2.45, 2.75) is 19.2 Å². The molecule has 0 aromatic heterocycles. The lowest BCUT2D eigenvalue weighted by Crippen LogP contribution is -2.10. The first-order valence-corrected chi connectivity index (χ1v) is 5.70. The summed E-state index contributed by atoms with van der Waals surface area (Å²) in [4.78, 5) is 21.1. The van der Waals surface area contributed by atoms with Gasteiger partial charge in [0.2, 0.25) is 5.82 Å². The molecule has 0 aliphatic rings. The highest BCUT2D eigenvalue weighted by molar-refractivity contribution is 6.17. The summed E-state index contributed by atoms with van der Waals surface area (Å²) in [5.74, 6) is -1.67. The minimum Gasteiger partial charge on any atom is -0.466 e. The van der Waals surface area contributed by atoms with Crippen molar-refractivity contribution in [2.75, 3.05) is 6.61 Å². The third kappa shape index (κ3) is 3.40. The van der Waals surface area contributed by atoms with Crippen molar-refractivity contribution >= 4 is 23.3 Å². The zero-order chi connectivity index (χ0) is 13.7. The summed E-state index contributed by atoms with van der Waals surface area (Å²) in [7, 11) is 0. The number of alkyl halides is 1. The Morgan fingerprint density at radius 3 is 2.72 bits per heavy atom. The number of esters is 1. The maximum Gasteiger partial charge on any atom is 0.310 e. The predicted octanol–water partition coefficient (Wildman–Crippen LogP) is 2.58. The van der Waals surface area contributed by atoms with Gasteiger partial charge in [-0.1, -0.05) is 6.07 Å². The van der Waals surface area contributed by atoms with Gasteiger partial charge in [-0.2, -0.15) is 4.39 Å². The molecule has 0 radical (unpaired) electrons. The predicted molar refractivity (Wildman–Crippen MR) is 62.9 cm³/mol. The first-order valence-electron chi connectivity index (χ1n) is 5.16. The summed E-state index contributed by atoms with van der Waals surface area (Å²) in [6.07, 6.45) is -0.356. The lowest BCUT2D eigenvalue weighted by atomic mass is 10.1. The van der Waals surface area contributed by atoms with Gasteiger partial charge in [0.05, 0.1) is 18.0 Å². The third-order valence-electron chi connectivity index (χ3n) is 2.18. The van der Waals surface area contributed by atoms with Crippen LogP contribution in [0.1, 0.15) is 18.1 Å². The number of carbonyl (C=O) groups excluding carboxylic acids is 1. The van der Waals surface area contributed by atoms with Crippen LogP contribution in [0.4, 0.5) is 10.1 Å². The van der Waals surface area contributed by atoms with Crippen LogP contribution in [0.3, 0.4) is 0 Å². The van der Waals surface area contributed by atoms with Crippen LogP contribution in [0.5, 0.6) is 0 Å². The van der Waals surface area contributed by atoms with E-state index in [1.165, 1.54) is 6.07 Å². The Balaban J connectivity index is 3.13. The molecular formula is C11H11ClFNO4. The number of hydrogen-bond acceptors (Lipinski definition) is 4. The molecule has 18 heavy (non-hydrogen) atoms. The average molecular weight is 276 g/mol. The van der Waals surface area contributed by atoms with E-state index in [0.717, 1.165) is 6.07 Å². The Morgan fingerprint density at radius 2 is 2.22 bits per heavy atom. The number of nitro groups is 1. The Bertz CT molecular complexity index is 478. The Morgan fingerprint density at radius 1 is 1.56 bits per heavy atom. The number of halogens is 2. The smallest absolute Gasteiger partial charge is 0.310 e. The molecule has 0 bridgehead atoms. The lowest BCUT2D eigenvalue weighted by Gasteiger charge is -2.06. The number of nitro benzene ring substituents is 1. The fourth-order valence-corrected chi connectivity index (χ4v) is 1.59. The second kappa shape index (κ2) is 6.30. The van der Waals surface area contributed by atoms with Gasteiger partial charge in [0.1, 0.15) is 0 Å². The normalized spacial score (nSPS) is 10.2. The fourth-order valence-electron chi connectivity index (χ4n) is 1.44. The van der Waals surface area contributed by atoms with Gasteiger partial charge in [0.15, 0.2) is 0 Å². The van der Waals surface area contributed by atoms with Crippen LogP contribution in [0.15, 0.2) is 12.1 Å². The number of rotatable bonds is 5. The van der Waals surface area contributed by atoms with Gasteiger partial charge >= 0.3 is 11.7 Å². The first-order chi connectivity index (χ1) is 8.49. The molecule has 0 amide bonds. The zero-order valence-corrected chi connectivity index (χ0v) is 10.4. The molecule has 0 aliphatic carbocycles. The second-order valence-corrected chi connectivity index (χ2v) is 3.73. The molecule has 0 N–H and O–H groups in total. The van der Waals surface area contributed by atoms with Gasteiger partial charge in [-0.3, -0.25) is 14.9 Å². The first kappa shape index (κ1) is 14.4. The monoisotopic (exact) mass is 275 g/mol. The third-order valence-corrected chi connectivity index (χ3v) is 2.49. The Hall–Kier alpha value is -1.69. The Kier molecular flexibility index (Phi) is 5.03. The summed E-state index contributed by atoms with van der Waals surface area (Å²) >= 11 is 5.56. The summed E-state index contributed by atoms with van der Waals surface area (Å²) in [6.45, 7) is 1.78. The van der Waals surface area contributed by atoms with E-state index in [9.17, 15) is 19.3 Å².